The first-order chi connectivity index (χ1) is 8.45. The number of carboxylic acids is 1. The molecule has 1 fully saturated rings. The number of carbonyl (C=O) groups excluding carboxylic acids is 1. The van der Waals surface area contributed by atoms with Crippen LogP contribution in [0.2, 0.25) is 0 Å². The molecular formula is C14H25NO3. The molecule has 0 radical (unpaired) electrons. The standard InChI is InChI=1S/C14H25NO3/c1-4-13(16)15(10(2)3)12-7-5-11(6-8-12)9-14(17)18/h10-12H,4-9H2,1-3H3,(H,17,18). The minimum atomic E-state index is -0.705. The van der Waals surface area contributed by atoms with E-state index in [0.29, 0.717) is 18.4 Å². The molecule has 0 bridgehead atoms. The normalized spacial score (nSPS) is 24.0. The van der Waals surface area contributed by atoms with Crippen molar-refractivity contribution in [1.82, 2.24) is 4.90 Å². The molecule has 0 spiro atoms. The van der Waals surface area contributed by atoms with Gasteiger partial charge in [-0.2, -0.15) is 0 Å². The number of aliphatic carboxylic acids is 1. The van der Waals surface area contributed by atoms with Crippen LogP contribution in [0, 0.1) is 5.92 Å². The molecule has 1 saturated carbocycles. The van der Waals surface area contributed by atoms with Gasteiger partial charge in [-0.1, -0.05) is 6.92 Å². The van der Waals surface area contributed by atoms with E-state index in [1.54, 1.807) is 0 Å². The molecule has 0 aliphatic heterocycles. The van der Waals surface area contributed by atoms with Crippen molar-refractivity contribution in [2.75, 3.05) is 0 Å². The Morgan fingerprint density at radius 2 is 1.78 bits per heavy atom. The Hall–Kier alpha value is -1.06. The Morgan fingerprint density at radius 1 is 1.22 bits per heavy atom. The molecule has 1 N–H and O–H groups in total. The molecule has 1 rings (SSSR count). The van der Waals surface area contributed by atoms with Gasteiger partial charge in [0.2, 0.25) is 5.91 Å². The Balaban J connectivity index is 2.54. The fourth-order valence-corrected chi connectivity index (χ4v) is 2.97. The largest absolute Gasteiger partial charge is 0.481 e. The van der Waals surface area contributed by atoms with Gasteiger partial charge in [0.05, 0.1) is 0 Å². The van der Waals surface area contributed by atoms with Crippen LogP contribution in [-0.4, -0.2) is 34.0 Å². The van der Waals surface area contributed by atoms with E-state index in [-0.39, 0.29) is 18.4 Å². The summed E-state index contributed by atoms with van der Waals surface area (Å²) in [4.78, 5) is 24.6. The molecule has 0 unspecified atom stereocenters. The SMILES string of the molecule is CCC(=O)N(C(C)C)C1CCC(CC(=O)O)CC1. The van der Waals surface area contributed by atoms with Crippen LogP contribution in [0.1, 0.15) is 59.3 Å². The van der Waals surface area contributed by atoms with E-state index >= 15 is 0 Å². The van der Waals surface area contributed by atoms with Gasteiger partial charge < -0.3 is 10.0 Å². The lowest BCUT2D eigenvalue weighted by Crippen LogP contribution is -2.46. The van der Waals surface area contributed by atoms with Crippen molar-refractivity contribution < 1.29 is 14.7 Å². The monoisotopic (exact) mass is 255 g/mol. The van der Waals surface area contributed by atoms with Crippen LogP contribution in [0.15, 0.2) is 0 Å². The first-order valence-corrected chi connectivity index (χ1v) is 6.98. The quantitative estimate of drug-likeness (QED) is 0.821. The Bertz CT molecular complexity index is 293. The number of hydrogen-bond donors (Lipinski definition) is 1. The van der Waals surface area contributed by atoms with E-state index in [9.17, 15) is 9.59 Å². The number of carbonyl (C=O) groups is 2. The van der Waals surface area contributed by atoms with E-state index in [1.807, 2.05) is 11.8 Å². The average Bonchev–Trinajstić information content (AvgIpc) is 2.30. The van der Waals surface area contributed by atoms with Gasteiger partial charge in [0, 0.05) is 24.9 Å². The predicted octanol–water partition coefficient (Wildman–Crippen LogP) is 2.67. The summed E-state index contributed by atoms with van der Waals surface area (Å²) in [6.07, 6.45) is 4.57. The number of rotatable bonds is 5. The number of amides is 1. The Kier molecular flexibility index (Phi) is 5.63. The second kappa shape index (κ2) is 6.76. The lowest BCUT2D eigenvalue weighted by atomic mass is 9.83. The molecule has 1 aliphatic rings. The first kappa shape index (κ1) is 15.0. The van der Waals surface area contributed by atoms with Crippen molar-refractivity contribution in [3.8, 4) is 0 Å². The zero-order valence-electron chi connectivity index (χ0n) is 11.7. The second-order valence-electron chi connectivity index (χ2n) is 5.52. The van der Waals surface area contributed by atoms with Crippen molar-refractivity contribution >= 4 is 11.9 Å². The van der Waals surface area contributed by atoms with Gasteiger partial charge in [-0.05, 0) is 45.4 Å². The maximum Gasteiger partial charge on any atom is 0.303 e. The fraction of sp³-hybridized carbons (Fsp3) is 0.857. The third-order valence-corrected chi connectivity index (χ3v) is 3.82. The van der Waals surface area contributed by atoms with Gasteiger partial charge in [0.15, 0.2) is 0 Å². The molecule has 0 aromatic rings. The molecule has 1 aliphatic carbocycles. The lowest BCUT2D eigenvalue weighted by molar-refractivity contribution is -0.140. The highest BCUT2D eigenvalue weighted by Gasteiger charge is 2.30. The van der Waals surface area contributed by atoms with Crippen LogP contribution in [0.4, 0.5) is 0 Å². The predicted molar refractivity (Wildman–Crippen MR) is 70.3 cm³/mol. The fourth-order valence-electron chi connectivity index (χ4n) is 2.97. The van der Waals surface area contributed by atoms with Crippen molar-refractivity contribution in [2.24, 2.45) is 5.92 Å². The van der Waals surface area contributed by atoms with E-state index in [2.05, 4.69) is 13.8 Å². The summed E-state index contributed by atoms with van der Waals surface area (Å²) in [5.74, 6) is -0.194. The van der Waals surface area contributed by atoms with E-state index in [1.165, 1.54) is 0 Å². The maximum absolute atomic E-state index is 11.9. The summed E-state index contributed by atoms with van der Waals surface area (Å²) >= 11 is 0. The summed E-state index contributed by atoms with van der Waals surface area (Å²) in [6, 6.07) is 0.543. The van der Waals surface area contributed by atoms with Crippen molar-refractivity contribution in [1.29, 1.82) is 0 Å². The van der Waals surface area contributed by atoms with Crippen LogP contribution in [0.3, 0.4) is 0 Å². The van der Waals surface area contributed by atoms with Crippen molar-refractivity contribution in [3.63, 3.8) is 0 Å². The summed E-state index contributed by atoms with van der Waals surface area (Å²) < 4.78 is 0. The summed E-state index contributed by atoms with van der Waals surface area (Å²) in [7, 11) is 0. The van der Waals surface area contributed by atoms with Gasteiger partial charge >= 0.3 is 5.97 Å². The highest BCUT2D eigenvalue weighted by molar-refractivity contribution is 5.76. The second-order valence-corrected chi connectivity index (χ2v) is 5.52. The topological polar surface area (TPSA) is 57.6 Å². The number of nitrogens with zero attached hydrogens (tertiary/aromatic N) is 1. The molecule has 104 valence electrons. The molecule has 4 nitrogen and oxygen atoms in total. The van der Waals surface area contributed by atoms with Crippen LogP contribution in [0.25, 0.3) is 0 Å². The van der Waals surface area contributed by atoms with Crippen LogP contribution < -0.4 is 0 Å². The van der Waals surface area contributed by atoms with Gasteiger partial charge in [-0.25, -0.2) is 0 Å². The highest BCUT2D eigenvalue weighted by atomic mass is 16.4. The first-order valence-electron chi connectivity index (χ1n) is 6.98. The molecular weight excluding hydrogens is 230 g/mol. The highest BCUT2D eigenvalue weighted by Crippen LogP contribution is 2.30. The summed E-state index contributed by atoms with van der Waals surface area (Å²) in [6.45, 7) is 6.00. The third kappa shape index (κ3) is 4.00. The average molecular weight is 255 g/mol. The molecule has 0 aromatic carbocycles. The Morgan fingerprint density at radius 3 is 2.17 bits per heavy atom. The smallest absolute Gasteiger partial charge is 0.303 e. The zero-order valence-corrected chi connectivity index (χ0v) is 11.7. The van der Waals surface area contributed by atoms with Crippen molar-refractivity contribution in [2.45, 2.75) is 71.4 Å². The van der Waals surface area contributed by atoms with E-state index in [4.69, 9.17) is 5.11 Å². The molecule has 1 amide bonds. The summed E-state index contributed by atoms with van der Waals surface area (Å²) in [5.41, 5.74) is 0. The molecule has 0 heterocycles. The minimum Gasteiger partial charge on any atom is -0.481 e. The van der Waals surface area contributed by atoms with Gasteiger partial charge in [0.25, 0.3) is 0 Å². The molecule has 0 saturated heterocycles. The summed E-state index contributed by atoms with van der Waals surface area (Å²) in [5, 5.41) is 8.79. The molecule has 0 aromatic heterocycles. The number of carboxylic acid groups (broad SMARTS) is 1. The number of hydrogen-bond acceptors (Lipinski definition) is 2. The molecule has 18 heavy (non-hydrogen) atoms. The lowest BCUT2D eigenvalue weighted by Gasteiger charge is -2.39. The van der Waals surface area contributed by atoms with E-state index < -0.39 is 5.97 Å². The van der Waals surface area contributed by atoms with Crippen LogP contribution in [-0.2, 0) is 9.59 Å². The van der Waals surface area contributed by atoms with Crippen molar-refractivity contribution in [3.05, 3.63) is 0 Å². The molecule has 0 atom stereocenters. The van der Waals surface area contributed by atoms with E-state index in [0.717, 1.165) is 25.7 Å². The van der Waals surface area contributed by atoms with Crippen LogP contribution in [0.5, 0.6) is 0 Å². The zero-order chi connectivity index (χ0) is 13.7. The van der Waals surface area contributed by atoms with Gasteiger partial charge in [0.1, 0.15) is 0 Å². The van der Waals surface area contributed by atoms with Crippen LogP contribution >= 0.6 is 0 Å². The maximum atomic E-state index is 11.9. The van der Waals surface area contributed by atoms with Gasteiger partial charge in [-0.15, -0.1) is 0 Å². The minimum absolute atomic E-state index is 0.215. The third-order valence-electron chi connectivity index (χ3n) is 3.82. The van der Waals surface area contributed by atoms with Gasteiger partial charge in [-0.3, -0.25) is 9.59 Å². The molecule has 4 heteroatoms. The Labute approximate surface area is 109 Å².